The van der Waals surface area contributed by atoms with E-state index in [-0.39, 0.29) is 11.1 Å². The van der Waals surface area contributed by atoms with Gasteiger partial charge in [-0.05, 0) is 18.1 Å². The van der Waals surface area contributed by atoms with Crippen LogP contribution in [0.3, 0.4) is 0 Å². The predicted molar refractivity (Wildman–Crippen MR) is 78.5 cm³/mol. The molecule has 0 aliphatic carbocycles. The monoisotopic (exact) mass is 318 g/mol. The van der Waals surface area contributed by atoms with Crippen LogP contribution in [0, 0.1) is 0 Å². The maximum atomic E-state index is 13.8. The van der Waals surface area contributed by atoms with Gasteiger partial charge < -0.3 is 9.84 Å². The lowest BCUT2D eigenvalue weighted by Crippen LogP contribution is -2.32. The SMILES string of the molecule is C=C(C)/C(F)=C1/OC(F)(F)/C(=C(\F)C(=C)O)C(=C)C1=C.CC. The Morgan fingerprint density at radius 1 is 1.05 bits per heavy atom. The van der Waals surface area contributed by atoms with Gasteiger partial charge >= 0.3 is 6.11 Å². The lowest BCUT2D eigenvalue weighted by molar-refractivity contribution is -0.185. The van der Waals surface area contributed by atoms with Gasteiger partial charge in [0.25, 0.3) is 0 Å². The van der Waals surface area contributed by atoms with Crippen molar-refractivity contribution in [2.75, 3.05) is 0 Å². The van der Waals surface area contributed by atoms with Crippen molar-refractivity contribution in [2.24, 2.45) is 0 Å². The number of alkyl halides is 2. The van der Waals surface area contributed by atoms with Crippen LogP contribution in [0.25, 0.3) is 0 Å². The molecule has 1 heterocycles. The van der Waals surface area contributed by atoms with Gasteiger partial charge in [-0.2, -0.15) is 8.78 Å². The number of rotatable bonds is 2. The molecule has 1 aliphatic rings. The van der Waals surface area contributed by atoms with Gasteiger partial charge in [0.05, 0.1) is 0 Å². The van der Waals surface area contributed by atoms with E-state index < -0.39 is 40.4 Å². The minimum atomic E-state index is -4.23. The lowest BCUT2D eigenvalue weighted by atomic mass is 9.93. The molecule has 6 heteroatoms. The van der Waals surface area contributed by atoms with Crippen LogP contribution in [0.4, 0.5) is 17.6 Å². The zero-order valence-electron chi connectivity index (χ0n) is 12.7. The number of aliphatic hydroxyl groups excluding tert-OH is 1. The summed E-state index contributed by atoms with van der Waals surface area (Å²) >= 11 is 0. The van der Waals surface area contributed by atoms with E-state index in [1.807, 2.05) is 13.8 Å². The summed E-state index contributed by atoms with van der Waals surface area (Å²) in [6, 6.07) is 0. The zero-order valence-corrected chi connectivity index (χ0v) is 12.7. The number of halogens is 4. The van der Waals surface area contributed by atoms with Gasteiger partial charge in [0.15, 0.2) is 17.4 Å². The fraction of sp³-hybridized carbons (Fsp3) is 0.250. The molecule has 0 radical (unpaired) electrons. The van der Waals surface area contributed by atoms with Crippen molar-refractivity contribution in [2.45, 2.75) is 26.9 Å². The molecule has 0 bridgehead atoms. The summed E-state index contributed by atoms with van der Waals surface area (Å²) in [6.07, 6.45) is -4.23. The van der Waals surface area contributed by atoms with Crippen molar-refractivity contribution in [1.82, 2.24) is 0 Å². The lowest BCUT2D eigenvalue weighted by Gasteiger charge is -2.31. The second kappa shape index (κ2) is 7.15. The predicted octanol–water partition coefficient (Wildman–Crippen LogP) is 5.80. The highest BCUT2D eigenvalue weighted by atomic mass is 19.3. The Kier molecular flexibility index (Phi) is 6.43. The molecule has 1 N–H and O–H groups in total. The molecule has 122 valence electrons. The molecule has 0 aromatic rings. The van der Waals surface area contributed by atoms with Gasteiger partial charge in [-0.15, -0.1) is 0 Å². The number of hydrogen-bond acceptors (Lipinski definition) is 2. The summed E-state index contributed by atoms with van der Waals surface area (Å²) in [4.78, 5) is 0. The van der Waals surface area contributed by atoms with Crippen molar-refractivity contribution in [1.29, 1.82) is 0 Å². The molecule has 0 amide bonds. The van der Waals surface area contributed by atoms with Crippen LogP contribution in [0.15, 0.2) is 71.8 Å². The molecule has 22 heavy (non-hydrogen) atoms. The molecular weight excluding hydrogens is 300 g/mol. The zero-order chi connectivity index (χ0) is 17.8. The van der Waals surface area contributed by atoms with E-state index in [9.17, 15) is 17.6 Å². The summed E-state index contributed by atoms with van der Waals surface area (Å²) in [7, 11) is 0. The van der Waals surface area contributed by atoms with Crippen molar-refractivity contribution in [3.63, 3.8) is 0 Å². The van der Waals surface area contributed by atoms with Crippen molar-refractivity contribution >= 4 is 0 Å². The fourth-order valence-electron chi connectivity index (χ4n) is 1.48. The Labute approximate surface area is 127 Å². The normalized spacial score (nSPS) is 21.2. The largest absolute Gasteiger partial charge is 0.505 e. The molecule has 0 unspecified atom stereocenters. The highest BCUT2D eigenvalue weighted by molar-refractivity contribution is 5.60. The average molecular weight is 318 g/mol. The Morgan fingerprint density at radius 3 is 1.86 bits per heavy atom. The van der Waals surface area contributed by atoms with Crippen molar-refractivity contribution in [3.05, 3.63) is 71.8 Å². The molecule has 0 spiro atoms. The Bertz CT molecular complexity index is 595. The minimum absolute atomic E-state index is 0.163. The maximum Gasteiger partial charge on any atom is 0.430 e. The van der Waals surface area contributed by atoms with Crippen LogP contribution in [-0.2, 0) is 4.74 Å². The van der Waals surface area contributed by atoms with Crippen molar-refractivity contribution in [3.8, 4) is 0 Å². The van der Waals surface area contributed by atoms with Gasteiger partial charge in [-0.25, -0.2) is 8.78 Å². The van der Waals surface area contributed by atoms with Crippen LogP contribution >= 0.6 is 0 Å². The van der Waals surface area contributed by atoms with Crippen molar-refractivity contribution < 1.29 is 27.4 Å². The van der Waals surface area contributed by atoms with E-state index in [1.54, 1.807) is 0 Å². The average Bonchev–Trinajstić information content (AvgIpc) is 2.43. The van der Waals surface area contributed by atoms with E-state index in [4.69, 9.17) is 5.11 Å². The Hall–Kier alpha value is -2.24. The summed E-state index contributed by atoms with van der Waals surface area (Å²) in [5.41, 5.74) is -2.47. The molecule has 1 saturated heterocycles. The van der Waals surface area contributed by atoms with E-state index in [2.05, 4.69) is 31.1 Å². The first kappa shape index (κ1) is 19.8. The van der Waals surface area contributed by atoms with Crippen LogP contribution in [0.5, 0.6) is 0 Å². The smallest absolute Gasteiger partial charge is 0.430 e. The van der Waals surface area contributed by atoms with E-state index in [0.29, 0.717) is 0 Å². The number of ether oxygens (including phenoxy) is 1. The number of allylic oxidation sites excluding steroid dienone is 4. The third-order valence-corrected chi connectivity index (χ3v) is 2.51. The topological polar surface area (TPSA) is 29.5 Å². The Morgan fingerprint density at radius 2 is 1.50 bits per heavy atom. The molecule has 2 nitrogen and oxygen atoms in total. The first-order chi connectivity index (χ1) is 10.0. The summed E-state index contributed by atoms with van der Waals surface area (Å²) < 4.78 is 59.0. The maximum absolute atomic E-state index is 13.8. The van der Waals surface area contributed by atoms with Gasteiger partial charge in [0.2, 0.25) is 0 Å². The molecule has 1 fully saturated rings. The van der Waals surface area contributed by atoms with Crippen LogP contribution in [-0.4, -0.2) is 11.2 Å². The fourth-order valence-corrected chi connectivity index (χ4v) is 1.48. The van der Waals surface area contributed by atoms with Crippen LogP contribution in [0.1, 0.15) is 20.8 Å². The van der Waals surface area contributed by atoms with Gasteiger partial charge in [-0.1, -0.05) is 40.2 Å². The highest BCUT2D eigenvalue weighted by Crippen LogP contribution is 2.47. The second-order valence-corrected chi connectivity index (χ2v) is 4.14. The molecule has 0 saturated carbocycles. The van der Waals surface area contributed by atoms with Gasteiger partial charge in [0, 0.05) is 5.57 Å². The molecule has 0 aromatic carbocycles. The van der Waals surface area contributed by atoms with Crippen LogP contribution in [0.2, 0.25) is 0 Å². The minimum Gasteiger partial charge on any atom is -0.505 e. The number of hydrogen-bond donors (Lipinski definition) is 1. The molecule has 1 aliphatic heterocycles. The standard InChI is InChI=1S/C14H12F4O2.C2H6/c1-6(2)11(15)13-8(4)7(3)10(12(16)9(5)19)14(17,18)20-13;1-2/h19H,1,3-5H2,2H3;1-2H3/b12-10-,13-11-;. The van der Waals surface area contributed by atoms with E-state index >= 15 is 0 Å². The van der Waals surface area contributed by atoms with Crippen LogP contribution < -0.4 is 0 Å². The van der Waals surface area contributed by atoms with Gasteiger partial charge in [-0.3, -0.25) is 0 Å². The first-order valence-corrected chi connectivity index (χ1v) is 6.30. The second-order valence-electron chi connectivity index (χ2n) is 4.14. The highest BCUT2D eigenvalue weighted by Gasteiger charge is 2.48. The molecular formula is C16H18F4O2. The van der Waals surface area contributed by atoms with E-state index in [0.717, 1.165) is 0 Å². The third kappa shape index (κ3) is 3.69. The van der Waals surface area contributed by atoms with Gasteiger partial charge in [0.1, 0.15) is 11.3 Å². The summed E-state index contributed by atoms with van der Waals surface area (Å²) in [5.74, 6) is -4.92. The molecule has 0 atom stereocenters. The summed E-state index contributed by atoms with van der Waals surface area (Å²) in [5, 5.41) is 8.89. The number of aliphatic hydroxyl groups is 1. The molecule has 0 aromatic heterocycles. The Balaban J connectivity index is 0.00000211. The third-order valence-electron chi connectivity index (χ3n) is 2.51. The van der Waals surface area contributed by atoms with E-state index in [1.165, 1.54) is 6.92 Å². The summed E-state index contributed by atoms with van der Waals surface area (Å²) in [6.45, 7) is 17.8. The quantitative estimate of drug-likeness (QED) is 0.515. The first-order valence-electron chi connectivity index (χ1n) is 6.30. The molecule has 1 rings (SSSR count).